The van der Waals surface area contributed by atoms with E-state index >= 15 is 0 Å². The average Bonchev–Trinajstić information content (AvgIpc) is 0. The molecule has 0 unspecified atom stereocenters. The van der Waals surface area contributed by atoms with Gasteiger partial charge in [-0.25, -0.2) is 0 Å². The van der Waals surface area contributed by atoms with Crippen LogP contribution in [0.2, 0.25) is 0 Å². The van der Waals surface area contributed by atoms with E-state index in [9.17, 15) is 0 Å². The fourth-order valence-electron chi connectivity index (χ4n) is 0. The molecule has 0 aromatic heterocycles. The minimum atomic E-state index is 0. The summed E-state index contributed by atoms with van der Waals surface area (Å²) in [6.45, 7) is 0. The third-order valence-electron chi connectivity index (χ3n) is 0. The van der Waals surface area contributed by atoms with Crippen LogP contribution in [-0.2, 0) is 0 Å². The molecule has 0 saturated carbocycles. The van der Waals surface area contributed by atoms with Gasteiger partial charge in [0.1, 0.15) is 0 Å². The topological polar surface area (TPSA) is 0 Å². The Labute approximate surface area is 70.8 Å². The van der Waals surface area contributed by atoms with Gasteiger partial charge in [0, 0.05) is 0 Å². The molecule has 0 fully saturated rings. The normalized spacial score (nSPS) is 0. The first-order chi connectivity index (χ1) is 0. The average molecular weight is 628 g/mol. The molecular weight excluding hydrogens is 628 g/mol. The molecule has 0 heterocycles. The van der Waals surface area contributed by atoms with Crippen LogP contribution >= 0.6 is 0 Å². The second-order valence-electron chi connectivity index (χ2n) is 0. The van der Waals surface area contributed by atoms with Gasteiger partial charge in [-0.3, -0.25) is 0 Å². The molecule has 0 aromatic carbocycles. The molecule has 0 atom stereocenters. The SMILES string of the molecule is [Bk+3].[I-].[I-].[I-]. The molecule has 0 radical (unpaired) electrons. The number of rotatable bonds is 0. The predicted molar refractivity (Wildman–Crippen MR) is 0 cm³/mol. The summed E-state index contributed by atoms with van der Waals surface area (Å²) < 4.78 is 0. The summed E-state index contributed by atoms with van der Waals surface area (Å²) in [5, 5.41) is 0. The van der Waals surface area contributed by atoms with Crippen LogP contribution in [0.1, 0.15) is 0 Å². The smallest absolute Gasteiger partial charge is 1.00 e. The summed E-state index contributed by atoms with van der Waals surface area (Å²) in [6, 6.07) is 0. The van der Waals surface area contributed by atoms with Crippen molar-refractivity contribution in [1.82, 2.24) is 0 Å². The third kappa shape index (κ3) is 10.8. The monoisotopic (exact) mass is 628 g/mol. The van der Waals surface area contributed by atoms with Gasteiger partial charge >= 0.3 is 0 Å². The Morgan fingerprint density at radius 3 is 0.500 bits per heavy atom. The minimum Gasteiger partial charge on any atom is -1.00 e. The van der Waals surface area contributed by atoms with Gasteiger partial charge in [-0.1, -0.05) is 0 Å². The Kier molecular flexibility index (Phi) is 484. The molecule has 0 aromatic rings. The van der Waals surface area contributed by atoms with Crippen molar-refractivity contribution in [2.45, 2.75) is 0 Å². The van der Waals surface area contributed by atoms with Crippen LogP contribution in [0, 0.1) is 0 Å². The van der Waals surface area contributed by atoms with Gasteiger partial charge in [0.05, 0.1) is 0 Å². The van der Waals surface area contributed by atoms with Crippen molar-refractivity contribution in [1.29, 1.82) is 0 Å². The van der Waals surface area contributed by atoms with Crippen LogP contribution < -0.4 is 71.9 Å². The van der Waals surface area contributed by atoms with Crippen molar-refractivity contribution >= 4 is 0 Å². The largest absolute Gasteiger partial charge is 3.00 e. The van der Waals surface area contributed by atoms with E-state index in [0.29, 0.717) is 0 Å². The van der Waals surface area contributed by atoms with Crippen LogP contribution in [0.25, 0.3) is 0 Å². The molecule has 0 amide bonds. The molecule has 0 rings (SSSR count). The van der Waals surface area contributed by atoms with Crippen LogP contribution in [0.15, 0.2) is 0 Å². The van der Waals surface area contributed by atoms with E-state index in [-0.39, 0.29) is 71.9 Å². The first kappa shape index (κ1) is 64.3. The van der Waals surface area contributed by atoms with Gasteiger partial charge < -0.3 is 71.9 Å². The minimum absolute atomic E-state index is 0. The summed E-state index contributed by atoms with van der Waals surface area (Å²) in [5.74, 6) is 0. The Morgan fingerprint density at radius 2 is 0.500 bits per heavy atom. The second-order valence-corrected chi connectivity index (χ2v) is 0. The molecule has 0 aliphatic heterocycles. The maximum Gasteiger partial charge on any atom is 3.00 e. The zero-order valence-corrected chi connectivity index (χ0v) is 10.7. The van der Waals surface area contributed by atoms with Crippen molar-refractivity contribution < 1.29 is 71.9 Å². The van der Waals surface area contributed by atoms with E-state index in [2.05, 4.69) is 0 Å². The maximum absolute atomic E-state index is 0. The molecule has 0 aliphatic rings. The van der Waals surface area contributed by atoms with Gasteiger partial charge in [-0.05, 0) is 0 Å². The number of hydrogen-bond acceptors (Lipinski definition) is 0. The van der Waals surface area contributed by atoms with Crippen LogP contribution in [0.5, 0.6) is 0 Å². The van der Waals surface area contributed by atoms with E-state index in [1.807, 2.05) is 0 Å². The molecule has 0 saturated heterocycles. The Morgan fingerprint density at radius 1 is 0.500 bits per heavy atom. The van der Waals surface area contributed by atoms with E-state index in [1.54, 1.807) is 0 Å². The second kappa shape index (κ2) is 30.1. The summed E-state index contributed by atoms with van der Waals surface area (Å²) in [6.07, 6.45) is 0. The standard InChI is InChI=1S/Bk.3HI/h;3*1H/q+3;;;/p-3. The zero-order valence-electron chi connectivity index (χ0n) is 1.47. The first-order valence-corrected chi connectivity index (χ1v) is 0. The Balaban J connectivity index is 0. The van der Waals surface area contributed by atoms with Gasteiger partial charge in [0.2, 0.25) is 0 Å². The third-order valence-corrected chi connectivity index (χ3v) is 0. The predicted octanol–water partition coefficient (Wildman–Crippen LogP) is -8.99. The fraction of sp³-hybridized carbons (Fsp3) is 0. The number of hydrogen-bond donors (Lipinski definition) is 0. The van der Waals surface area contributed by atoms with E-state index in [1.165, 1.54) is 0 Å². The van der Waals surface area contributed by atoms with Crippen LogP contribution in [0.3, 0.4) is 0 Å². The quantitative estimate of drug-likeness (QED) is 0.235. The van der Waals surface area contributed by atoms with Crippen molar-refractivity contribution in [3.05, 3.63) is 0 Å². The molecule has 30 valence electrons. The zero-order chi connectivity index (χ0) is 0. The van der Waals surface area contributed by atoms with Gasteiger partial charge in [-0.2, -0.15) is 0 Å². The molecule has 0 N–H and O–H groups in total. The molecule has 0 spiro atoms. The molecule has 0 aliphatic carbocycles. The van der Waals surface area contributed by atoms with Crippen molar-refractivity contribution in [2.24, 2.45) is 0 Å². The van der Waals surface area contributed by atoms with E-state index in [0.717, 1.165) is 0 Å². The summed E-state index contributed by atoms with van der Waals surface area (Å²) in [5.41, 5.74) is 0. The Bertz CT molecular complexity index is 3.25. The van der Waals surface area contributed by atoms with Gasteiger partial charge in [0.25, 0.3) is 0 Å². The summed E-state index contributed by atoms with van der Waals surface area (Å²) >= 11 is 0. The van der Waals surface area contributed by atoms with Gasteiger partial charge in [0.15, 0.2) is 0 Å². The molecular formula is BkI3. The molecule has 0 nitrogen and oxygen atoms in total. The van der Waals surface area contributed by atoms with Crippen molar-refractivity contribution in [3.8, 4) is 0 Å². The Hall–Kier alpha value is 1.19. The summed E-state index contributed by atoms with van der Waals surface area (Å²) in [7, 11) is 0. The van der Waals surface area contributed by atoms with Gasteiger partial charge in [-0.15, -0.1) is 0 Å². The first-order valence-electron chi connectivity index (χ1n) is 0. The van der Waals surface area contributed by atoms with Crippen molar-refractivity contribution in [2.75, 3.05) is 0 Å². The molecule has 4 heteroatoms. The molecule has 0 bridgehead atoms. The summed E-state index contributed by atoms with van der Waals surface area (Å²) in [4.78, 5) is 0. The van der Waals surface area contributed by atoms with Crippen molar-refractivity contribution in [3.63, 3.8) is 0 Å². The van der Waals surface area contributed by atoms with Crippen LogP contribution in [0.4, 0.5) is 0 Å². The maximum atomic E-state index is 0. The van der Waals surface area contributed by atoms with Crippen LogP contribution in [-0.4, -0.2) is 0 Å². The van der Waals surface area contributed by atoms with E-state index < -0.39 is 0 Å². The molecule has 4 heavy (non-hydrogen) atoms. The van der Waals surface area contributed by atoms with E-state index in [4.69, 9.17) is 0 Å². The number of halogens is 3. The fourth-order valence-corrected chi connectivity index (χ4v) is 0.